The molecule has 26 heavy (non-hydrogen) atoms. The summed E-state index contributed by atoms with van der Waals surface area (Å²) in [5.41, 5.74) is 6.33. The van der Waals surface area contributed by atoms with Crippen LogP contribution in [0.4, 0.5) is 11.7 Å². The number of benzene rings is 3. The maximum Gasteiger partial charge on any atom is 0.321 e. The van der Waals surface area contributed by atoms with Gasteiger partial charge in [0.2, 0.25) is 0 Å². The molecule has 0 amide bonds. The second-order valence-corrected chi connectivity index (χ2v) is 6.42. The van der Waals surface area contributed by atoms with E-state index < -0.39 is 0 Å². The predicted molar refractivity (Wildman–Crippen MR) is 102 cm³/mol. The first-order chi connectivity index (χ1) is 12.9. The van der Waals surface area contributed by atoms with Crippen molar-refractivity contribution in [3.8, 4) is 11.1 Å². The van der Waals surface area contributed by atoms with Crippen molar-refractivity contribution >= 4 is 28.6 Å². The minimum atomic E-state index is 0.517. The molecule has 0 unspecified atom stereocenters. The summed E-state index contributed by atoms with van der Waals surface area (Å²) in [6.45, 7) is 0.577. The second-order valence-electron chi connectivity index (χ2n) is 6.42. The Morgan fingerprint density at radius 2 is 1.50 bits per heavy atom. The van der Waals surface area contributed by atoms with Gasteiger partial charge in [0.1, 0.15) is 12.2 Å². The molecule has 5 nitrogen and oxygen atoms in total. The van der Waals surface area contributed by atoms with Gasteiger partial charge in [0, 0.05) is 11.1 Å². The number of aromatic nitrogens is 1. The van der Waals surface area contributed by atoms with E-state index in [4.69, 9.17) is 9.52 Å². The highest BCUT2D eigenvalue weighted by atomic mass is 16.4. The Morgan fingerprint density at radius 3 is 2.38 bits per heavy atom. The molecule has 124 valence electrons. The molecule has 0 N–H and O–H groups in total. The number of nitrogens with zero attached hydrogens (tertiary/aromatic N) is 4. The smallest absolute Gasteiger partial charge is 0.321 e. The molecule has 0 spiro atoms. The summed E-state index contributed by atoms with van der Waals surface area (Å²) < 4.78 is 5.92. The van der Waals surface area contributed by atoms with Crippen molar-refractivity contribution in [2.45, 2.75) is 0 Å². The van der Waals surface area contributed by atoms with Crippen LogP contribution >= 0.6 is 0 Å². The second kappa shape index (κ2) is 4.95. The number of anilines is 2. The molecular formula is C21H14N4O. The molecule has 0 saturated heterocycles. The molecule has 0 atom stereocenters. The molecule has 0 aliphatic carbocycles. The summed E-state index contributed by atoms with van der Waals surface area (Å²) in [6.07, 6.45) is 0. The quantitative estimate of drug-likeness (QED) is 0.514. The van der Waals surface area contributed by atoms with E-state index in [0.29, 0.717) is 12.7 Å². The minimum Gasteiger partial charge on any atom is -0.422 e. The Labute approximate surface area is 149 Å². The van der Waals surface area contributed by atoms with Crippen molar-refractivity contribution in [2.75, 3.05) is 16.6 Å². The predicted octanol–water partition coefficient (Wildman–Crippen LogP) is 4.45. The lowest BCUT2D eigenvalue weighted by Crippen LogP contribution is -2.34. The first-order valence-electron chi connectivity index (χ1n) is 8.56. The lowest BCUT2D eigenvalue weighted by Gasteiger charge is -2.29. The molecule has 3 aromatic carbocycles. The Kier molecular flexibility index (Phi) is 2.60. The SMILES string of the molecule is c1ccc2c(c1)C1=NN(c3nc4ccccc4o3)CN1c1ccccc1-2. The Balaban J connectivity index is 1.52. The fourth-order valence-corrected chi connectivity index (χ4v) is 3.71. The van der Waals surface area contributed by atoms with E-state index in [1.807, 2.05) is 29.3 Å². The average Bonchev–Trinajstić information content (AvgIpc) is 3.33. The van der Waals surface area contributed by atoms with Crippen LogP contribution in [0.25, 0.3) is 22.2 Å². The number of oxazole rings is 1. The van der Waals surface area contributed by atoms with Crippen molar-refractivity contribution < 1.29 is 4.42 Å². The van der Waals surface area contributed by atoms with E-state index in [9.17, 15) is 0 Å². The van der Waals surface area contributed by atoms with Gasteiger partial charge in [0.25, 0.3) is 0 Å². The third kappa shape index (κ3) is 1.80. The molecule has 6 rings (SSSR count). The van der Waals surface area contributed by atoms with Gasteiger partial charge in [-0.15, -0.1) is 5.10 Å². The Hall–Kier alpha value is -3.60. The van der Waals surface area contributed by atoms with Crippen LogP contribution in [0.1, 0.15) is 5.56 Å². The monoisotopic (exact) mass is 338 g/mol. The number of rotatable bonds is 1. The number of hydrogen-bond acceptors (Lipinski definition) is 5. The molecule has 5 heteroatoms. The van der Waals surface area contributed by atoms with E-state index in [1.165, 1.54) is 11.1 Å². The molecule has 2 aliphatic heterocycles. The summed E-state index contributed by atoms with van der Waals surface area (Å²) in [6, 6.07) is 25.1. The zero-order chi connectivity index (χ0) is 17.1. The number of amidine groups is 1. The van der Waals surface area contributed by atoms with Crippen molar-refractivity contribution in [2.24, 2.45) is 5.10 Å². The van der Waals surface area contributed by atoms with E-state index in [-0.39, 0.29) is 0 Å². The van der Waals surface area contributed by atoms with Gasteiger partial charge >= 0.3 is 6.01 Å². The van der Waals surface area contributed by atoms with Crippen molar-refractivity contribution in [3.05, 3.63) is 78.4 Å². The van der Waals surface area contributed by atoms with E-state index >= 15 is 0 Å². The summed E-state index contributed by atoms with van der Waals surface area (Å²) >= 11 is 0. The third-order valence-electron chi connectivity index (χ3n) is 4.90. The first-order valence-corrected chi connectivity index (χ1v) is 8.56. The standard InChI is InChI=1S/C21H14N4O/c1-2-9-16-14(7-1)15-8-3-5-11-18(15)24-13-25(23-20(16)24)21-22-17-10-4-6-12-19(17)26-21/h1-12H,13H2. The van der Waals surface area contributed by atoms with E-state index in [2.05, 4.69) is 58.4 Å². The zero-order valence-electron chi connectivity index (χ0n) is 13.8. The first kappa shape index (κ1) is 13.7. The van der Waals surface area contributed by atoms with Crippen molar-refractivity contribution in [3.63, 3.8) is 0 Å². The maximum atomic E-state index is 5.92. The molecule has 4 aromatic rings. The van der Waals surface area contributed by atoms with Crippen LogP contribution in [0.15, 0.2) is 82.3 Å². The van der Waals surface area contributed by atoms with E-state index in [1.54, 1.807) is 0 Å². The fraction of sp³-hybridized carbons (Fsp3) is 0.0476. The molecule has 0 bridgehead atoms. The van der Waals surface area contributed by atoms with Crippen molar-refractivity contribution in [1.82, 2.24) is 4.98 Å². The van der Waals surface area contributed by atoms with Gasteiger partial charge in [-0.1, -0.05) is 54.6 Å². The molecular weight excluding hydrogens is 324 g/mol. The highest BCUT2D eigenvalue weighted by Crippen LogP contribution is 2.41. The van der Waals surface area contributed by atoms with Gasteiger partial charge in [-0.25, -0.2) is 0 Å². The molecule has 2 aliphatic rings. The number of hydrogen-bond donors (Lipinski definition) is 0. The topological polar surface area (TPSA) is 44.9 Å². The largest absolute Gasteiger partial charge is 0.422 e. The van der Waals surface area contributed by atoms with Crippen LogP contribution in [0.3, 0.4) is 0 Å². The van der Waals surface area contributed by atoms with E-state index in [0.717, 1.165) is 28.2 Å². The maximum absolute atomic E-state index is 5.92. The van der Waals surface area contributed by atoms with Gasteiger partial charge in [-0.05, 0) is 23.8 Å². The lowest BCUT2D eigenvalue weighted by atomic mass is 9.93. The van der Waals surface area contributed by atoms with Crippen LogP contribution in [0.5, 0.6) is 0 Å². The Bertz CT molecular complexity index is 1160. The van der Waals surface area contributed by atoms with Gasteiger partial charge in [-0.3, -0.25) is 0 Å². The summed E-state index contributed by atoms with van der Waals surface area (Å²) in [5.74, 6) is 0.932. The highest BCUT2D eigenvalue weighted by molar-refractivity contribution is 6.20. The lowest BCUT2D eigenvalue weighted by molar-refractivity contribution is 0.581. The summed E-state index contributed by atoms with van der Waals surface area (Å²) in [4.78, 5) is 6.80. The molecule has 0 radical (unpaired) electrons. The van der Waals surface area contributed by atoms with Crippen LogP contribution in [-0.2, 0) is 0 Å². The van der Waals surface area contributed by atoms with Gasteiger partial charge < -0.3 is 9.32 Å². The molecule has 3 heterocycles. The molecule has 1 aromatic heterocycles. The van der Waals surface area contributed by atoms with Gasteiger partial charge in [-0.2, -0.15) is 9.99 Å². The van der Waals surface area contributed by atoms with Crippen LogP contribution < -0.4 is 9.91 Å². The summed E-state index contributed by atoms with van der Waals surface area (Å²) in [7, 11) is 0. The van der Waals surface area contributed by atoms with Crippen molar-refractivity contribution in [1.29, 1.82) is 0 Å². The summed E-state index contributed by atoms with van der Waals surface area (Å²) in [5, 5.41) is 6.66. The normalized spacial score (nSPS) is 14.8. The fourth-order valence-electron chi connectivity index (χ4n) is 3.71. The molecule has 0 saturated carbocycles. The molecule has 0 fully saturated rings. The van der Waals surface area contributed by atoms with Crippen LogP contribution in [0, 0.1) is 0 Å². The number of hydrazone groups is 1. The van der Waals surface area contributed by atoms with Crippen LogP contribution in [0.2, 0.25) is 0 Å². The average molecular weight is 338 g/mol. The van der Waals surface area contributed by atoms with Gasteiger partial charge in [0.05, 0.1) is 5.69 Å². The minimum absolute atomic E-state index is 0.517. The van der Waals surface area contributed by atoms with Gasteiger partial charge in [0.15, 0.2) is 11.4 Å². The van der Waals surface area contributed by atoms with Crippen LogP contribution in [-0.4, -0.2) is 17.5 Å². The number of fused-ring (bicyclic) bond motifs is 7. The Morgan fingerprint density at radius 1 is 0.769 bits per heavy atom. The zero-order valence-corrected chi connectivity index (χ0v) is 13.8. The third-order valence-corrected chi connectivity index (χ3v) is 4.90. The number of para-hydroxylation sites is 3. The highest BCUT2D eigenvalue weighted by Gasteiger charge is 2.35.